The van der Waals surface area contributed by atoms with E-state index in [1.54, 1.807) is 6.21 Å². The molecule has 0 aliphatic rings. The number of fused-ring (bicyclic) bond motifs is 1. The second-order valence-corrected chi connectivity index (χ2v) is 5.56. The van der Waals surface area contributed by atoms with Gasteiger partial charge >= 0.3 is 0 Å². The molecule has 3 nitrogen and oxygen atoms in total. The predicted molar refractivity (Wildman–Crippen MR) is 91.9 cm³/mol. The highest BCUT2D eigenvalue weighted by Gasteiger charge is 2.08. The molecule has 0 saturated carbocycles. The minimum Gasteiger partial charge on any atom is -0.494 e. The van der Waals surface area contributed by atoms with Crippen LogP contribution >= 0.6 is 0 Å². The number of benzene rings is 2. The fourth-order valence-corrected chi connectivity index (χ4v) is 2.62. The molecule has 2 aromatic carbocycles. The fraction of sp³-hybridized carbons (Fsp3) is 0.211. The molecule has 22 heavy (non-hydrogen) atoms. The van der Waals surface area contributed by atoms with Crippen LogP contribution in [0.1, 0.15) is 23.1 Å². The van der Waals surface area contributed by atoms with E-state index in [4.69, 9.17) is 0 Å². The van der Waals surface area contributed by atoms with Crippen LogP contribution in [0.3, 0.4) is 0 Å². The maximum Gasteiger partial charge on any atom is 0.198 e. The van der Waals surface area contributed by atoms with Crippen LogP contribution in [0.2, 0.25) is 0 Å². The Bertz CT molecular complexity index is 788. The molecule has 0 aliphatic carbocycles. The van der Waals surface area contributed by atoms with Crippen molar-refractivity contribution in [1.82, 2.24) is 4.98 Å². The number of nitrogens with zero attached hydrogens (tertiary/aromatic N) is 1. The summed E-state index contributed by atoms with van der Waals surface area (Å²) < 4.78 is 0. The second kappa shape index (κ2) is 6.48. The largest absolute Gasteiger partial charge is 0.494 e. The number of aryl methyl sites for hydroxylation is 2. The first kappa shape index (κ1) is 14.4. The van der Waals surface area contributed by atoms with Gasteiger partial charge in [-0.15, -0.1) is 0 Å². The quantitative estimate of drug-likeness (QED) is 0.536. The number of hydrogen-bond acceptors (Lipinski definition) is 2. The number of aromatic hydroxyl groups is 1. The molecule has 0 fully saturated rings. The molecule has 1 heterocycles. The van der Waals surface area contributed by atoms with Crippen molar-refractivity contribution in [2.75, 3.05) is 6.54 Å². The predicted octanol–water partition coefficient (Wildman–Crippen LogP) is 4.23. The van der Waals surface area contributed by atoms with Gasteiger partial charge in [0, 0.05) is 23.7 Å². The third-order valence-electron chi connectivity index (χ3n) is 3.79. The van der Waals surface area contributed by atoms with E-state index >= 15 is 0 Å². The molecule has 112 valence electrons. The summed E-state index contributed by atoms with van der Waals surface area (Å²) in [5.41, 5.74) is 4.22. The van der Waals surface area contributed by atoms with Crippen molar-refractivity contribution in [3.8, 4) is 5.88 Å². The van der Waals surface area contributed by atoms with Crippen molar-refractivity contribution in [2.24, 2.45) is 4.99 Å². The highest BCUT2D eigenvalue weighted by Crippen LogP contribution is 2.26. The van der Waals surface area contributed by atoms with Crippen molar-refractivity contribution in [3.63, 3.8) is 0 Å². The van der Waals surface area contributed by atoms with Crippen molar-refractivity contribution < 1.29 is 5.11 Å². The molecule has 0 saturated heterocycles. The number of rotatable bonds is 5. The van der Waals surface area contributed by atoms with Gasteiger partial charge in [0.15, 0.2) is 5.88 Å². The first-order valence-electron chi connectivity index (χ1n) is 7.59. The SMILES string of the molecule is Cc1ccc2[nH]c(O)c(C=NCCCc3ccccc3)c2c1. The molecule has 0 unspecified atom stereocenters. The topological polar surface area (TPSA) is 48.4 Å². The van der Waals surface area contributed by atoms with Crippen LogP contribution in [0, 0.1) is 6.92 Å². The van der Waals surface area contributed by atoms with Crippen LogP contribution in [0.5, 0.6) is 5.88 Å². The molecule has 1 aromatic heterocycles. The number of hydrogen-bond donors (Lipinski definition) is 2. The molecule has 0 atom stereocenters. The van der Waals surface area contributed by atoms with Gasteiger partial charge in [0.05, 0.1) is 5.56 Å². The van der Waals surface area contributed by atoms with E-state index in [0.29, 0.717) is 0 Å². The third-order valence-corrected chi connectivity index (χ3v) is 3.79. The van der Waals surface area contributed by atoms with E-state index in [2.05, 4.69) is 40.3 Å². The standard InChI is InChI=1S/C19H20N2O/c1-14-9-10-18-16(12-14)17(19(22)21-18)13-20-11-5-8-15-6-3-2-4-7-15/h2-4,6-7,9-10,12-13,21-22H,5,8,11H2,1H3. The van der Waals surface area contributed by atoms with E-state index in [-0.39, 0.29) is 5.88 Å². The van der Waals surface area contributed by atoms with E-state index in [1.165, 1.54) is 11.1 Å². The Labute approximate surface area is 130 Å². The maximum atomic E-state index is 10.0. The minimum atomic E-state index is 0.187. The molecule has 0 aliphatic heterocycles. The lowest BCUT2D eigenvalue weighted by atomic mass is 10.1. The van der Waals surface area contributed by atoms with Crippen molar-refractivity contribution in [3.05, 3.63) is 65.2 Å². The molecular formula is C19H20N2O. The highest BCUT2D eigenvalue weighted by atomic mass is 16.3. The van der Waals surface area contributed by atoms with Crippen molar-refractivity contribution in [1.29, 1.82) is 0 Å². The highest BCUT2D eigenvalue weighted by molar-refractivity contribution is 6.02. The monoisotopic (exact) mass is 292 g/mol. The van der Waals surface area contributed by atoms with Gasteiger partial charge in [-0.25, -0.2) is 0 Å². The molecule has 0 spiro atoms. The lowest BCUT2D eigenvalue weighted by Gasteiger charge is -1.98. The van der Waals surface area contributed by atoms with Crippen LogP contribution in [-0.4, -0.2) is 22.8 Å². The number of H-pyrrole nitrogens is 1. The van der Waals surface area contributed by atoms with Crippen LogP contribution in [-0.2, 0) is 6.42 Å². The molecule has 3 aromatic rings. The number of nitrogens with one attached hydrogen (secondary N) is 1. The lowest BCUT2D eigenvalue weighted by molar-refractivity contribution is 0.457. The number of aromatic amines is 1. The Morgan fingerprint density at radius 2 is 1.95 bits per heavy atom. The summed E-state index contributed by atoms with van der Waals surface area (Å²) in [5.74, 6) is 0.187. The minimum absolute atomic E-state index is 0.187. The number of aromatic nitrogens is 1. The first-order valence-corrected chi connectivity index (χ1v) is 7.59. The van der Waals surface area contributed by atoms with Crippen molar-refractivity contribution >= 4 is 17.1 Å². The molecule has 0 amide bonds. The summed E-state index contributed by atoms with van der Waals surface area (Å²) >= 11 is 0. The third kappa shape index (κ3) is 3.19. The summed E-state index contributed by atoms with van der Waals surface area (Å²) in [5, 5.41) is 11.0. The summed E-state index contributed by atoms with van der Waals surface area (Å²) in [6.07, 6.45) is 3.80. The van der Waals surface area contributed by atoms with Gasteiger partial charge in [-0.05, 0) is 37.5 Å². The van der Waals surface area contributed by atoms with Crippen LogP contribution in [0.4, 0.5) is 0 Å². The molecule has 0 radical (unpaired) electrons. The van der Waals surface area contributed by atoms with Gasteiger partial charge in [0.2, 0.25) is 0 Å². The van der Waals surface area contributed by atoms with Gasteiger partial charge in [-0.2, -0.15) is 0 Å². The van der Waals surface area contributed by atoms with Gasteiger partial charge in [0.25, 0.3) is 0 Å². The van der Waals surface area contributed by atoms with E-state index in [1.807, 2.05) is 25.1 Å². The smallest absolute Gasteiger partial charge is 0.198 e. The Hall–Kier alpha value is -2.55. The van der Waals surface area contributed by atoms with Crippen LogP contribution < -0.4 is 0 Å². The van der Waals surface area contributed by atoms with Gasteiger partial charge in [0.1, 0.15) is 0 Å². The molecule has 2 N–H and O–H groups in total. The second-order valence-electron chi connectivity index (χ2n) is 5.56. The van der Waals surface area contributed by atoms with E-state index < -0.39 is 0 Å². The Balaban J connectivity index is 1.65. The average molecular weight is 292 g/mol. The van der Waals surface area contributed by atoms with Crippen LogP contribution in [0.25, 0.3) is 10.9 Å². The van der Waals surface area contributed by atoms with Gasteiger partial charge in [-0.3, -0.25) is 4.99 Å². The molecule has 3 rings (SSSR count). The number of aliphatic imine (C=N–C) groups is 1. The fourth-order valence-electron chi connectivity index (χ4n) is 2.62. The normalized spacial score (nSPS) is 11.5. The zero-order chi connectivity index (χ0) is 15.4. The maximum absolute atomic E-state index is 10.0. The zero-order valence-corrected chi connectivity index (χ0v) is 12.7. The lowest BCUT2D eigenvalue weighted by Crippen LogP contribution is -1.89. The average Bonchev–Trinajstić information content (AvgIpc) is 2.83. The summed E-state index contributed by atoms with van der Waals surface area (Å²) in [4.78, 5) is 7.45. The first-order chi connectivity index (χ1) is 10.7. The Kier molecular flexibility index (Phi) is 4.24. The van der Waals surface area contributed by atoms with Crippen molar-refractivity contribution in [2.45, 2.75) is 19.8 Å². The summed E-state index contributed by atoms with van der Waals surface area (Å²) in [7, 11) is 0. The zero-order valence-electron chi connectivity index (χ0n) is 12.7. The van der Waals surface area contributed by atoms with Crippen LogP contribution in [0.15, 0.2) is 53.5 Å². The molecular weight excluding hydrogens is 272 g/mol. The van der Waals surface area contributed by atoms with E-state index in [9.17, 15) is 5.11 Å². The summed E-state index contributed by atoms with van der Waals surface area (Å²) in [6.45, 7) is 2.80. The molecule has 3 heteroatoms. The molecule has 0 bridgehead atoms. The van der Waals surface area contributed by atoms with Gasteiger partial charge in [-0.1, -0.05) is 42.0 Å². The Morgan fingerprint density at radius 3 is 2.77 bits per heavy atom. The summed E-state index contributed by atoms with van der Waals surface area (Å²) in [6, 6.07) is 16.5. The van der Waals surface area contributed by atoms with Gasteiger partial charge < -0.3 is 10.1 Å². The van der Waals surface area contributed by atoms with E-state index in [0.717, 1.165) is 35.9 Å². The Morgan fingerprint density at radius 1 is 1.14 bits per heavy atom.